The predicted octanol–water partition coefficient (Wildman–Crippen LogP) is 1.33. The van der Waals surface area contributed by atoms with Gasteiger partial charge in [-0.2, -0.15) is 0 Å². The maximum atomic E-state index is 11.4. The Balaban J connectivity index is 2.10. The van der Waals surface area contributed by atoms with Crippen LogP contribution in [0.4, 0.5) is 5.82 Å². The van der Waals surface area contributed by atoms with Gasteiger partial charge in [0.25, 0.3) is 0 Å². The molecule has 9 heteroatoms. The van der Waals surface area contributed by atoms with Crippen LogP contribution in [-0.2, 0) is 4.79 Å². The molecule has 3 rings (SSSR count). The summed E-state index contributed by atoms with van der Waals surface area (Å²) in [7, 11) is 0. The molecule has 3 heterocycles. The van der Waals surface area contributed by atoms with Gasteiger partial charge in [0.1, 0.15) is 21.9 Å². The van der Waals surface area contributed by atoms with E-state index in [4.69, 9.17) is 5.73 Å². The summed E-state index contributed by atoms with van der Waals surface area (Å²) in [4.78, 5) is 34.0. The molecular formula is C15H18N4O4S. The highest BCUT2D eigenvalue weighted by Crippen LogP contribution is 2.35. The largest absolute Gasteiger partial charge is 0.481 e. The van der Waals surface area contributed by atoms with Crippen molar-refractivity contribution in [2.24, 2.45) is 11.7 Å². The van der Waals surface area contributed by atoms with E-state index in [2.05, 4.69) is 9.97 Å². The number of rotatable bonds is 3. The van der Waals surface area contributed by atoms with Crippen molar-refractivity contribution in [3.63, 3.8) is 0 Å². The van der Waals surface area contributed by atoms with Crippen LogP contribution in [0.25, 0.3) is 10.2 Å². The van der Waals surface area contributed by atoms with Crippen LogP contribution < -0.4 is 10.6 Å². The van der Waals surface area contributed by atoms with Gasteiger partial charge in [0.2, 0.25) is 0 Å². The third-order valence-corrected chi connectivity index (χ3v) is 5.52. The summed E-state index contributed by atoms with van der Waals surface area (Å²) in [6.45, 7) is 2.50. The lowest BCUT2D eigenvalue weighted by Crippen LogP contribution is -2.38. The maximum absolute atomic E-state index is 11.4. The fraction of sp³-hybridized carbons (Fsp3) is 0.467. The second kappa shape index (κ2) is 6.33. The highest BCUT2D eigenvalue weighted by atomic mass is 32.1. The van der Waals surface area contributed by atoms with Gasteiger partial charge in [-0.05, 0) is 25.3 Å². The Morgan fingerprint density at radius 2 is 2.04 bits per heavy atom. The van der Waals surface area contributed by atoms with Gasteiger partial charge in [-0.1, -0.05) is 0 Å². The second-order valence-electron chi connectivity index (χ2n) is 6.02. The monoisotopic (exact) mass is 350 g/mol. The SMILES string of the molecule is Cc1c(C(=O)O)sc2ncnc(N3C[C@H](N)CC[C@H](C(=O)O)C3)c12. The minimum absolute atomic E-state index is 0.155. The number of hydrogen-bond donors (Lipinski definition) is 3. The maximum Gasteiger partial charge on any atom is 0.346 e. The molecule has 1 fully saturated rings. The van der Waals surface area contributed by atoms with Crippen LogP contribution in [0.3, 0.4) is 0 Å². The number of anilines is 1. The first-order valence-electron chi connectivity index (χ1n) is 7.59. The van der Waals surface area contributed by atoms with Gasteiger partial charge < -0.3 is 20.8 Å². The van der Waals surface area contributed by atoms with Gasteiger partial charge in [0, 0.05) is 19.1 Å². The average molecular weight is 350 g/mol. The van der Waals surface area contributed by atoms with Gasteiger partial charge in [-0.15, -0.1) is 11.3 Å². The van der Waals surface area contributed by atoms with E-state index >= 15 is 0 Å². The molecule has 2 aromatic heterocycles. The lowest BCUT2D eigenvalue weighted by Gasteiger charge is -2.26. The number of fused-ring (bicyclic) bond motifs is 1. The molecular weight excluding hydrogens is 332 g/mol. The van der Waals surface area contributed by atoms with Gasteiger partial charge in [-0.3, -0.25) is 4.79 Å². The molecule has 0 radical (unpaired) electrons. The fourth-order valence-corrected chi connectivity index (χ4v) is 4.07. The number of aliphatic carboxylic acids is 1. The Morgan fingerprint density at radius 3 is 2.71 bits per heavy atom. The summed E-state index contributed by atoms with van der Waals surface area (Å²) in [6, 6.07) is -0.155. The van der Waals surface area contributed by atoms with Crippen LogP contribution in [0.2, 0.25) is 0 Å². The van der Waals surface area contributed by atoms with Crippen molar-refractivity contribution in [2.45, 2.75) is 25.8 Å². The van der Waals surface area contributed by atoms with Crippen LogP contribution >= 0.6 is 11.3 Å². The summed E-state index contributed by atoms with van der Waals surface area (Å²) in [6.07, 6.45) is 2.53. The van der Waals surface area contributed by atoms with E-state index in [1.165, 1.54) is 6.33 Å². The number of aromatic nitrogens is 2. The second-order valence-corrected chi connectivity index (χ2v) is 7.02. The highest BCUT2D eigenvalue weighted by Gasteiger charge is 2.29. The Bertz CT molecular complexity index is 806. The van der Waals surface area contributed by atoms with Crippen molar-refractivity contribution in [3.8, 4) is 0 Å². The molecule has 2 atom stereocenters. The van der Waals surface area contributed by atoms with Crippen LogP contribution in [-0.4, -0.2) is 51.3 Å². The lowest BCUT2D eigenvalue weighted by molar-refractivity contribution is -0.141. The summed E-state index contributed by atoms with van der Waals surface area (Å²) in [5.74, 6) is -1.82. The molecule has 24 heavy (non-hydrogen) atoms. The zero-order valence-corrected chi connectivity index (χ0v) is 13.9. The smallest absolute Gasteiger partial charge is 0.346 e. The molecule has 4 N–H and O–H groups in total. The van der Waals surface area contributed by atoms with Crippen LogP contribution in [0.5, 0.6) is 0 Å². The van der Waals surface area contributed by atoms with Crippen molar-refractivity contribution in [1.82, 2.24) is 9.97 Å². The van der Waals surface area contributed by atoms with Gasteiger partial charge in [0.05, 0.1) is 11.3 Å². The number of hydrogen-bond acceptors (Lipinski definition) is 7. The Kier molecular flexibility index (Phi) is 4.37. The molecule has 2 aromatic rings. The minimum atomic E-state index is -1.00. The van der Waals surface area contributed by atoms with E-state index < -0.39 is 17.9 Å². The molecule has 0 bridgehead atoms. The van der Waals surface area contributed by atoms with Crippen molar-refractivity contribution < 1.29 is 19.8 Å². The van der Waals surface area contributed by atoms with Crippen molar-refractivity contribution in [3.05, 3.63) is 16.8 Å². The molecule has 1 saturated heterocycles. The van der Waals surface area contributed by atoms with E-state index in [1.807, 2.05) is 4.90 Å². The van der Waals surface area contributed by atoms with Crippen LogP contribution in [0.15, 0.2) is 6.33 Å². The van der Waals surface area contributed by atoms with E-state index in [1.54, 1.807) is 6.92 Å². The predicted molar refractivity (Wildman–Crippen MR) is 89.7 cm³/mol. The van der Waals surface area contributed by atoms with E-state index in [-0.39, 0.29) is 10.9 Å². The highest BCUT2D eigenvalue weighted by molar-refractivity contribution is 7.20. The number of aromatic carboxylic acids is 1. The van der Waals surface area contributed by atoms with Crippen LogP contribution in [0.1, 0.15) is 28.1 Å². The normalized spacial score (nSPS) is 21.7. The van der Waals surface area contributed by atoms with Crippen molar-refractivity contribution >= 4 is 39.3 Å². The van der Waals surface area contributed by atoms with E-state index in [0.717, 1.165) is 11.3 Å². The van der Waals surface area contributed by atoms with E-state index in [9.17, 15) is 19.8 Å². The van der Waals surface area contributed by atoms with Crippen molar-refractivity contribution in [2.75, 3.05) is 18.0 Å². The Morgan fingerprint density at radius 1 is 1.29 bits per heavy atom. The van der Waals surface area contributed by atoms with Gasteiger partial charge >= 0.3 is 11.9 Å². The zero-order chi connectivity index (χ0) is 17.4. The minimum Gasteiger partial charge on any atom is -0.481 e. The van der Waals surface area contributed by atoms with Crippen molar-refractivity contribution in [1.29, 1.82) is 0 Å². The first-order chi connectivity index (χ1) is 11.4. The molecule has 0 aromatic carbocycles. The molecule has 128 valence electrons. The average Bonchev–Trinajstić information content (AvgIpc) is 2.74. The number of aryl methyl sites for hydroxylation is 1. The Labute approximate surface area is 141 Å². The standard InChI is InChI=1S/C15H18N4O4S/c1-7-10-12(17-6-18-13(10)24-11(7)15(22)23)19-4-8(14(20)21)2-3-9(16)5-19/h6,8-9H,2-5,16H2,1H3,(H,20,21)(H,22,23)/t8-,9+/m0/s1. The summed E-state index contributed by atoms with van der Waals surface area (Å²) in [5, 5.41) is 19.4. The molecule has 0 amide bonds. The first-order valence-corrected chi connectivity index (χ1v) is 8.40. The number of nitrogens with two attached hydrogens (primary N) is 1. The Hall–Kier alpha value is -2.26. The molecule has 0 aliphatic carbocycles. The molecule has 0 saturated carbocycles. The topological polar surface area (TPSA) is 130 Å². The molecule has 0 unspecified atom stereocenters. The zero-order valence-electron chi connectivity index (χ0n) is 13.1. The van der Waals surface area contributed by atoms with Gasteiger partial charge in [0.15, 0.2) is 0 Å². The lowest BCUT2D eigenvalue weighted by atomic mass is 10.0. The number of carbonyl (C=O) groups is 2. The first kappa shape index (κ1) is 16.6. The number of nitrogens with zero attached hydrogens (tertiary/aromatic N) is 3. The number of thiophene rings is 1. The fourth-order valence-electron chi connectivity index (χ4n) is 3.09. The third-order valence-electron chi connectivity index (χ3n) is 4.33. The van der Waals surface area contributed by atoms with E-state index in [0.29, 0.717) is 47.5 Å². The summed E-state index contributed by atoms with van der Waals surface area (Å²) < 4.78 is 0. The third kappa shape index (κ3) is 2.92. The molecule has 0 spiro atoms. The molecule has 1 aliphatic heterocycles. The van der Waals surface area contributed by atoms with Gasteiger partial charge in [-0.25, -0.2) is 14.8 Å². The van der Waals surface area contributed by atoms with Crippen LogP contribution in [0, 0.1) is 12.8 Å². The number of carboxylic acid groups (broad SMARTS) is 2. The molecule has 1 aliphatic rings. The number of carboxylic acids is 2. The summed E-state index contributed by atoms with van der Waals surface area (Å²) in [5.41, 5.74) is 6.69. The quantitative estimate of drug-likeness (QED) is 0.756. The summed E-state index contributed by atoms with van der Waals surface area (Å²) >= 11 is 1.10. The molecule has 8 nitrogen and oxygen atoms in total.